The molecule has 0 saturated heterocycles. The number of carbonyl (C=O) groups is 2. The smallest absolute Gasteiger partial charge is 0.245 e. The summed E-state index contributed by atoms with van der Waals surface area (Å²) >= 11 is 0. The van der Waals surface area contributed by atoms with Gasteiger partial charge in [-0.2, -0.15) is 5.06 Å². The molecule has 0 fully saturated rings. The summed E-state index contributed by atoms with van der Waals surface area (Å²) in [6.45, 7) is 5.05. The Hall–Kier alpha value is -1.96. The number of benzene rings is 1. The summed E-state index contributed by atoms with van der Waals surface area (Å²) in [5, 5.41) is 22.3. The molecule has 7 heteroatoms. The van der Waals surface area contributed by atoms with Gasteiger partial charge in [-0.05, 0) is 17.4 Å². The molecule has 146 valence electrons. The molecule has 1 rings (SSSR count). The average molecular weight is 365 g/mol. The highest BCUT2D eigenvalue weighted by atomic mass is 16.5. The number of hydrogen-bond donors (Lipinski definition) is 3. The highest BCUT2D eigenvalue weighted by Gasteiger charge is 2.35. The average Bonchev–Trinajstić information content (AvgIpc) is 2.57. The largest absolute Gasteiger partial charge is 0.379 e. The number of aliphatic hydroxyl groups is 1. The van der Waals surface area contributed by atoms with Crippen LogP contribution in [0.4, 0.5) is 0 Å². The van der Waals surface area contributed by atoms with E-state index in [4.69, 9.17) is 5.11 Å². The molecule has 7 nitrogen and oxygen atoms in total. The summed E-state index contributed by atoms with van der Waals surface area (Å²) in [6.07, 6.45) is 0.386. The van der Waals surface area contributed by atoms with Crippen LogP contribution in [0.3, 0.4) is 0 Å². The molecule has 2 amide bonds. The predicted molar refractivity (Wildman–Crippen MR) is 99.3 cm³/mol. The van der Waals surface area contributed by atoms with Crippen molar-refractivity contribution in [2.45, 2.75) is 33.2 Å². The molecule has 0 aliphatic carbocycles. The minimum atomic E-state index is -0.690. The molecule has 0 aliphatic heterocycles. The topological polar surface area (TPSA) is 93.1 Å². The molecule has 1 unspecified atom stereocenters. The third-order valence-corrected chi connectivity index (χ3v) is 4.13. The van der Waals surface area contributed by atoms with Gasteiger partial charge in [0.15, 0.2) is 0 Å². The van der Waals surface area contributed by atoms with Gasteiger partial charge >= 0.3 is 0 Å². The number of nitrogens with one attached hydrogen (secondary N) is 1. The Kier molecular flexibility index (Phi) is 8.20. The second-order valence-electron chi connectivity index (χ2n) is 7.76. The Morgan fingerprint density at radius 2 is 1.73 bits per heavy atom. The van der Waals surface area contributed by atoms with Crippen molar-refractivity contribution in [2.75, 3.05) is 27.4 Å². The summed E-state index contributed by atoms with van der Waals surface area (Å²) in [5.74, 6) is -1.14. The van der Waals surface area contributed by atoms with E-state index in [1.54, 1.807) is 14.1 Å². The minimum Gasteiger partial charge on any atom is -0.379 e. The van der Waals surface area contributed by atoms with Gasteiger partial charge in [0.05, 0.1) is 5.92 Å². The maximum absolute atomic E-state index is 12.9. The number of aliphatic hydroxyl groups excluding tert-OH is 1. The molecule has 1 aromatic carbocycles. The number of likely N-dealkylation sites (N-methyl/N-ethyl adjacent to an activating group) is 1. The van der Waals surface area contributed by atoms with Crippen LogP contribution in [0.1, 0.15) is 26.3 Å². The SMILES string of the molecule is CN(C)C(=O)[C@@H](NC(=O)C(Cc1ccccc1)CN(O)CO)C(C)(C)C. The van der Waals surface area contributed by atoms with Crippen molar-refractivity contribution in [2.24, 2.45) is 11.3 Å². The van der Waals surface area contributed by atoms with Crippen LogP contribution in [-0.2, 0) is 16.0 Å². The van der Waals surface area contributed by atoms with Crippen molar-refractivity contribution in [1.29, 1.82) is 0 Å². The lowest BCUT2D eigenvalue weighted by molar-refractivity contribution is -0.158. The van der Waals surface area contributed by atoms with Gasteiger partial charge in [-0.15, -0.1) is 0 Å². The highest BCUT2D eigenvalue weighted by Crippen LogP contribution is 2.22. The number of hydroxylamine groups is 2. The molecule has 0 radical (unpaired) electrons. The number of hydrogen-bond acceptors (Lipinski definition) is 5. The number of amides is 2. The van der Waals surface area contributed by atoms with Crippen LogP contribution in [0.5, 0.6) is 0 Å². The fourth-order valence-corrected chi connectivity index (χ4v) is 2.62. The Labute approximate surface area is 155 Å². The normalized spacial score (nSPS) is 14.0. The van der Waals surface area contributed by atoms with Gasteiger partial charge in [0.1, 0.15) is 12.8 Å². The summed E-state index contributed by atoms with van der Waals surface area (Å²) in [6, 6.07) is 8.74. The number of rotatable bonds is 8. The maximum Gasteiger partial charge on any atom is 0.245 e. The third kappa shape index (κ3) is 6.74. The fourth-order valence-electron chi connectivity index (χ4n) is 2.62. The molecule has 0 spiro atoms. The highest BCUT2D eigenvalue weighted by molar-refractivity contribution is 5.89. The first kappa shape index (κ1) is 22.1. The van der Waals surface area contributed by atoms with Crippen LogP contribution in [0.15, 0.2) is 30.3 Å². The van der Waals surface area contributed by atoms with E-state index >= 15 is 0 Å². The maximum atomic E-state index is 12.9. The molecule has 2 atom stereocenters. The van der Waals surface area contributed by atoms with Crippen LogP contribution in [0, 0.1) is 11.3 Å². The Bertz CT molecular complexity index is 584. The molecular formula is C19H31N3O4. The van der Waals surface area contributed by atoms with Gasteiger partial charge in [-0.25, -0.2) is 0 Å². The van der Waals surface area contributed by atoms with E-state index in [-0.39, 0.29) is 18.4 Å². The molecule has 0 aromatic heterocycles. The van der Waals surface area contributed by atoms with E-state index in [9.17, 15) is 14.8 Å². The van der Waals surface area contributed by atoms with Crippen molar-refractivity contribution in [3.05, 3.63) is 35.9 Å². The van der Waals surface area contributed by atoms with Crippen molar-refractivity contribution >= 4 is 11.8 Å². The summed E-state index contributed by atoms with van der Waals surface area (Å²) in [4.78, 5) is 26.8. The molecule has 0 bridgehead atoms. The van der Waals surface area contributed by atoms with E-state index in [1.807, 2.05) is 51.1 Å². The van der Waals surface area contributed by atoms with Crippen LogP contribution < -0.4 is 5.32 Å². The Morgan fingerprint density at radius 1 is 1.15 bits per heavy atom. The summed E-state index contributed by atoms with van der Waals surface area (Å²) in [5.41, 5.74) is 0.467. The Morgan fingerprint density at radius 3 is 2.19 bits per heavy atom. The lowest BCUT2D eigenvalue weighted by atomic mass is 9.85. The predicted octanol–water partition coefficient (Wildman–Crippen LogP) is 1.11. The zero-order valence-corrected chi connectivity index (χ0v) is 16.3. The van der Waals surface area contributed by atoms with Gasteiger partial charge in [-0.1, -0.05) is 51.1 Å². The first-order chi connectivity index (χ1) is 12.1. The molecule has 3 N–H and O–H groups in total. The van der Waals surface area contributed by atoms with E-state index in [2.05, 4.69) is 5.32 Å². The summed E-state index contributed by atoms with van der Waals surface area (Å²) in [7, 11) is 3.30. The minimum absolute atomic E-state index is 0.0375. The fraction of sp³-hybridized carbons (Fsp3) is 0.579. The Balaban J connectivity index is 2.99. The first-order valence-corrected chi connectivity index (χ1v) is 8.66. The van der Waals surface area contributed by atoms with E-state index in [0.717, 1.165) is 5.56 Å². The zero-order chi connectivity index (χ0) is 19.9. The second kappa shape index (κ2) is 9.66. The number of carbonyl (C=O) groups excluding carboxylic acids is 2. The first-order valence-electron chi connectivity index (χ1n) is 8.66. The molecule has 26 heavy (non-hydrogen) atoms. The molecular weight excluding hydrogens is 334 g/mol. The van der Waals surface area contributed by atoms with Gasteiger partial charge in [0.2, 0.25) is 11.8 Å². The second-order valence-corrected chi connectivity index (χ2v) is 7.76. The third-order valence-electron chi connectivity index (χ3n) is 4.13. The zero-order valence-electron chi connectivity index (χ0n) is 16.3. The van der Waals surface area contributed by atoms with Crippen molar-refractivity contribution in [3.63, 3.8) is 0 Å². The van der Waals surface area contributed by atoms with Crippen molar-refractivity contribution in [1.82, 2.24) is 15.3 Å². The van der Waals surface area contributed by atoms with Gasteiger partial charge in [0, 0.05) is 20.6 Å². The molecule has 0 heterocycles. The van der Waals surface area contributed by atoms with Crippen LogP contribution in [0.2, 0.25) is 0 Å². The quantitative estimate of drug-likeness (QED) is 0.474. The van der Waals surface area contributed by atoms with E-state index in [1.165, 1.54) is 4.90 Å². The monoisotopic (exact) mass is 365 g/mol. The van der Waals surface area contributed by atoms with Gasteiger partial charge in [0.25, 0.3) is 0 Å². The van der Waals surface area contributed by atoms with Crippen molar-refractivity contribution < 1.29 is 19.9 Å². The van der Waals surface area contributed by atoms with Crippen LogP contribution >= 0.6 is 0 Å². The van der Waals surface area contributed by atoms with E-state index in [0.29, 0.717) is 11.5 Å². The number of nitrogens with zero attached hydrogens (tertiary/aromatic N) is 2. The lowest BCUT2D eigenvalue weighted by Gasteiger charge is -2.33. The molecule has 0 aliphatic rings. The van der Waals surface area contributed by atoms with E-state index < -0.39 is 24.1 Å². The van der Waals surface area contributed by atoms with Gasteiger partial charge < -0.3 is 20.5 Å². The lowest BCUT2D eigenvalue weighted by Crippen LogP contribution is -2.55. The van der Waals surface area contributed by atoms with Crippen LogP contribution in [-0.4, -0.2) is 65.5 Å². The standard InChI is InChI=1S/C19H31N3O4/c1-19(2,3)16(18(25)21(4)5)20-17(24)15(12-22(26)13-23)11-14-9-7-6-8-10-14/h6-10,15-16,23,26H,11-13H2,1-5H3,(H,20,24)/t15?,16-/m1/s1. The molecule has 1 aromatic rings. The van der Waals surface area contributed by atoms with Gasteiger partial charge in [-0.3, -0.25) is 9.59 Å². The summed E-state index contributed by atoms with van der Waals surface area (Å²) < 4.78 is 0. The molecule has 0 saturated carbocycles. The van der Waals surface area contributed by atoms with Crippen molar-refractivity contribution in [3.8, 4) is 0 Å². The van der Waals surface area contributed by atoms with Crippen LogP contribution in [0.25, 0.3) is 0 Å².